The van der Waals surface area contributed by atoms with Gasteiger partial charge in [-0.05, 0) is 76.9 Å². The normalized spacial score (nSPS) is 11.5. The smallest absolute Gasteiger partial charge is 0.419 e. The fourth-order valence-electron chi connectivity index (χ4n) is 4.23. The minimum atomic E-state index is -0.624. The maximum absolute atomic E-state index is 13.7. The Morgan fingerprint density at radius 3 is 2.43 bits per heavy atom. The van der Waals surface area contributed by atoms with Crippen molar-refractivity contribution >= 4 is 22.9 Å². The maximum atomic E-state index is 13.7. The molecule has 0 saturated heterocycles. The lowest BCUT2D eigenvalue weighted by Gasteiger charge is -2.22. The van der Waals surface area contributed by atoms with Crippen LogP contribution in [0.1, 0.15) is 49.2 Å². The van der Waals surface area contributed by atoms with Gasteiger partial charge in [0.2, 0.25) is 0 Å². The van der Waals surface area contributed by atoms with Crippen molar-refractivity contribution in [3.05, 3.63) is 71.7 Å². The van der Waals surface area contributed by atoms with Crippen LogP contribution < -0.4 is 4.74 Å². The summed E-state index contributed by atoms with van der Waals surface area (Å²) in [5.41, 5.74) is 3.17. The highest BCUT2D eigenvalue weighted by Crippen LogP contribution is 2.28. The maximum Gasteiger partial charge on any atom is 0.419 e. The van der Waals surface area contributed by atoms with Gasteiger partial charge in [-0.2, -0.15) is 15.0 Å². The van der Waals surface area contributed by atoms with Crippen LogP contribution in [0.25, 0.3) is 16.6 Å². The van der Waals surface area contributed by atoms with Crippen LogP contribution in [0.2, 0.25) is 0 Å². The zero-order chi connectivity index (χ0) is 26.7. The summed E-state index contributed by atoms with van der Waals surface area (Å²) in [5, 5.41) is 9.30. The third-order valence-corrected chi connectivity index (χ3v) is 6.02. The second kappa shape index (κ2) is 10.5. The van der Waals surface area contributed by atoms with Gasteiger partial charge in [-0.1, -0.05) is 11.6 Å². The molecule has 0 radical (unpaired) electrons. The van der Waals surface area contributed by atoms with E-state index in [1.165, 1.54) is 9.36 Å². The molecule has 2 aromatic heterocycles. The number of ether oxygens (including phenoxy) is 2. The number of hydrogen-bond donors (Lipinski definition) is 0. The van der Waals surface area contributed by atoms with E-state index in [9.17, 15) is 9.59 Å². The van der Waals surface area contributed by atoms with E-state index in [0.29, 0.717) is 36.5 Å². The van der Waals surface area contributed by atoms with Crippen molar-refractivity contribution in [3.63, 3.8) is 0 Å². The molecule has 0 fully saturated rings. The second-order valence-corrected chi connectivity index (χ2v) is 9.86. The molecule has 0 N–H and O–H groups in total. The summed E-state index contributed by atoms with van der Waals surface area (Å²) in [7, 11) is 1.61. The SMILES string of the molecule is CCN(CCc1cn(C(=O)OC(C)(C)C)c2ccc(OC)cc12)C(=O)c1cc(C)ccc1-n1nccn1. The van der Waals surface area contributed by atoms with Gasteiger partial charge in [0.25, 0.3) is 5.91 Å². The third kappa shape index (κ3) is 5.66. The average Bonchev–Trinajstić information content (AvgIpc) is 3.51. The number of amides is 1. The highest BCUT2D eigenvalue weighted by molar-refractivity contribution is 5.98. The van der Waals surface area contributed by atoms with Crippen LogP contribution in [-0.2, 0) is 11.2 Å². The molecule has 0 bridgehead atoms. The molecule has 0 aliphatic carbocycles. The van der Waals surface area contributed by atoms with Gasteiger partial charge < -0.3 is 14.4 Å². The van der Waals surface area contributed by atoms with E-state index >= 15 is 0 Å². The minimum Gasteiger partial charge on any atom is -0.497 e. The largest absolute Gasteiger partial charge is 0.497 e. The molecule has 0 unspecified atom stereocenters. The van der Waals surface area contributed by atoms with E-state index in [-0.39, 0.29) is 5.91 Å². The third-order valence-electron chi connectivity index (χ3n) is 6.02. The van der Waals surface area contributed by atoms with Gasteiger partial charge >= 0.3 is 6.09 Å². The zero-order valence-corrected chi connectivity index (χ0v) is 22.2. The lowest BCUT2D eigenvalue weighted by atomic mass is 10.1. The predicted molar refractivity (Wildman–Crippen MR) is 141 cm³/mol. The first kappa shape index (κ1) is 25.9. The molecule has 4 aromatic rings. The molecule has 9 nitrogen and oxygen atoms in total. The van der Waals surface area contributed by atoms with Crippen LogP contribution >= 0.6 is 0 Å². The van der Waals surface area contributed by atoms with Gasteiger partial charge in [-0.15, -0.1) is 0 Å². The molecular formula is C28H33N5O4. The number of aromatic nitrogens is 4. The predicted octanol–water partition coefficient (Wildman–Crippen LogP) is 5.03. The van der Waals surface area contributed by atoms with Gasteiger partial charge in [0.1, 0.15) is 11.4 Å². The Balaban J connectivity index is 1.64. The number of hydrogen-bond acceptors (Lipinski definition) is 6. The Bertz CT molecular complexity index is 1420. The summed E-state index contributed by atoms with van der Waals surface area (Å²) in [4.78, 5) is 29.8. The van der Waals surface area contributed by atoms with Crippen LogP contribution in [0.3, 0.4) is 0 Å². The molecule has 1 amide bonds. The van der Waals surface area contributed by atoms with E-state index < -0.39 is 11.7 Å². The van der Waals surface area contributed by atoms with Gasteiger partial charge in [-0.3, -0.25) is 9.36 Å². The number of nitrogens with zero attached hydrogens (tertiary/aromatic N) is 5. The van der Waals surface area contributed by atoms with E-state index in [0.717, 1.165) is 22.0 Å². The van der Waals surface area contributed by atoms with E-state index in [4.69, 9.17) is 9.47 Å². The van der Waals surface area contributed by atoms with E-state index in [2.05, 4.69) is 10.2 Å². The van der Waals surface area contributed by atoms with Crippen molar-refractivity contribution in [1.82, 2.24) is 24.5 Å². The van der Waals surface area contributed by atoms with Crippen LogP contribution in [0.4, 0.5) is 4.79 Å². The van der Waals surface area contributed by atoms with Gasteiger partial charge in [-0.25, -0.2) is 4.79 Å². The van der Waals surface area contributed by atoms with Gasteiger partial charge in [0.05, 0.1) is 36.3 Å². The first-order valence-electron chi connectivity index (χ1n) is 12.3. The van der Waals surface area contributed by atoms with Crippen LogP contribution in [0, 0.1) is 6.92 Å². The Morgan fingerprint density at radius 2 is 1.78 bits per heavy atom. The number of carbonyl (C=O) groups is 2. The first-order chi connectivity index (χ1) is 17.6. The summed E-state index contributed by atoms with van der Waals surface area (Å²) in [6, 6.07) is 11.2. The topological polar surface area (TPSA) is 91.5 Å². The van der Waals surface area contributed by atoms with Crippen molar-refractivity contribution in [3.8, 4) is 11.4 Å². The highest BCUT2D eigenvalue weighted by Gasteiger charge is 2.23. The number of aryl methyl sites for hydroxylation is 1. The lowest BCUT2D eigenvalue weighted by molar-refractivity contribution is 0.0543. The summed E-state index contributed by atoms with van der Waals surface area (Å²) in [6.45, 7) is 10.4. The number of likely N-dealkylation sites (N-methyl/N-ethyl adjacent to an activating group) is 1. The molecule has 2 heterocycles. The number of benzene rings is 2. The molecule has 0 spiro atoms. The zero-order valence-electron chi connectivity index (χ0n) is 22.2. The highest BCUT2D eigenvalue weighted by atomic mass is 16.6. The standard InChI is InChI=1S/C28H33N5O4/c1-7-31(26(34)23-16-19(2)8-10-25(23)33-29-13-14-30-33)15-12-20-18-32(27(35)37-28(3,4)5)24-11-9-21(36-6)17-22(20)24/h8-11,13-14,16-18H,7,12,15H2,1-6H3. The lowest BCUT2D eigenvalue weighted by Crippen LogP contribution is -2.33. The summed E-state index contributed by atoms with van der Waals surface area (Å²) in [6.07, 6.45) is 5.05. The van der Waals surface area contributed by atoms with Crippen LogP contribution in [0.5, 0.6) is 5.75 Å². The van der Waals surface area contributed by atoms with Crippen LogP contribution in [0.15, 0.2) is 55.0 Å². The fraction of sp³-hybridized carbons (Fsp3) is 0.357. The summed E-state index contributed by atoms with van der Waals surface area (Å²) >= 11 is 0. The van der Waals surface area contributed by atoms with E-state index in [1.807, 2.05) is 71.0 Å². The molecule has 37 heavy (non-hydrogen) atoms. The Labute approximate surface area is 216 Å². The first-order valence-corrected chi connectivity index (χ1v) is 12.3. The molecule has 0 aliphatic rings. The quantitative estimate of drug-likeness (QED) is 0.351. The second-order valence-electron chi connectivity index (χ2n) is 9.86. The van der Waals surface area contributed by atoms with Crippen molar-refractivity contribution in [2.75, 3.05) is 20.2 Å². The van der Waals surface area contributed by atoms with Crippen molar-refractivity contribution in [2.45, 2.75) is 46.6 Å². The van der Waals surface area contributed by atoms with Gasteiger partial charge in [0, 0.05) is 24.7 Å². The molecular weight excluding hydrogens is 470 g/mol. The molecule has 0 atom stereocenters. The Morgan fingerprint density at radius 1 is 1.05 bits per heavy atom. The van der Waals surface area contributed by atoms with Gasteiger partial charge in [0.15, 0.2) is 0 Å². The van der Waals surface area contributed by atoms with Crippen molar-refractivity contribution in [1.29, 1.82) is 0 Å². The molecule has 0 saturated carbocycles. The number of methoxy groups -OCH3 is 1. The van der Waals surface area contributed by atoms with E-state index in [1.54, 1.807) is 30.6 Å². The summed E-state index contributed by atoms with van der Waals surface area (Å²) < 4.78 is 12.6. The Hall–Kier alpha value is -4.14. The number of fused-ring (bicyclic) bond motifs is 1. The van der Waals surface area contributed by atoms with Crippen molar-refractivity contribution < 1.29 is 19.1 Å². The molecule has 2 aromatic carbocycles. The fourth-order valence-corrected chi connectivity index (χ4v) is 4.23. The minimum absolute atomic E-state index is 0.105. The molecule has 4 rings (SSSR count). The number of rotatable bonds is 7. The summed E-state index contributed by atoms with van der Waals surface area (Å²) in [5.74, 6) is 0.585. The molecule has 194 valence electrons. The molecule has 9 heteroatoms. The van der Waals surface area contributed by atoms with Crippen molar-refractivity contribution in [2.24, 2.45) is 0 Å². The monoisotopic (exact) mass is 503 g/mol. The van der Waals surface area contributed by atoms with Crippen LogP contribution in [-0.4, -0.2) is 62.3 Å². The average molecular weight is 504 g/mol. The number of carbonyl (C=O) groups excluding carboxylic acids is 2. The molecule has 0 aliphatic heterocycles. The Kier molecular flexibility index (Phi) is 7.33.